The molecule has 2 heterocycles. The topological polar surface area (TPSA) is 69.9 Å². The van der Waals surface area contributed by atoms with Gasteiger partial charge in [0.15, 0.2) is 0 Å². The van der Waals surface area contributed by atoms with Crippen molar-refractivity contribution in [2.45, 2.75) is 31.8 Å². The number of rotatable bonds is 5. The van der Waals surface area contributed by atoms with Crippen LogP contribution >= 0.6 is 0 Å². The minimum atomic E-state index is -0.383. The standard InChI is InChI=1S/C23H28N4O3/c28-23(22-8-4-5-13-26(22)18-19-6-2-1-3-7-19)25-16-14-24(15-17-25)20-9-11-21(12-10-20)27(29)30/h1-3,6-7,9-12,22H,4-5,8,13-18H2. The Bertz CT molecular complexity index is 864. The summed E-state index contributed by atoms with van der Waals surface area (Å²) in [5.74, 6) is 0.244. The van der Waals surface area contributed by atoms with Crippen LogP contribution in [0.25, 0.3) is 0 Å². The molecule has 2 aromatic rings. The average molecular weight is 409 g/mol. The highest BCUT2D eigenvalue weighted by atomic mass is 16.6. The predicted molar refractivity (Wildman–Crippen MR) is 116 cm³/mol. The van der Waals surface area contributed by atoms with Crippen molar-refractivity contribution in [3.05, 3.63) is 70.3 Å². The first-order chi connectivity index (χ1) is 14.6. The largest absolute Gasteiger partial charge is 0.368 e. The second kappa shape index (κ2) is 9.26. The molecule has 0 N–H and O–H groups in total. The van der Waals surface area contributed by atoms with Crippen LogP contribution in [0.3, 0.4) is 0 Å². The molecule has 1 amide bonds. The summed E-state index contributed by atoms with van der Waals surface area (Å²) in [4.78, 5) is 30.3. The summed E-state index contributed by atoms with van der Waals surface area (Å²) >= 11 is 0. The van der Waals surface area contributed by atoms with Crippen LogP contribution in [0.5, 0.6) is 0 Å². The maximum Gasteiger partial charge on any atom is 0.269 e. The Morgan fingerprint density at radius 1 is 0.933 bits per heavy atom. The van der Waals surface area contributed by atoms with Crippen LogP contribution in [0.2, 0.25) is 0 Å². The van der Waals surface area contributed by atoms with Gasteiger partial charge in [0.2, 0.25) is 5.91 Å². The molecule has 0 spiro atoms. The van der Waals surface area contributed by atoms with E-state index in [0.717, 1.165) is 51.1 Å². The molecule has 0 bridgehead atoms. The number of piperazine rings is 1. The van der Waals surface area contributed by atoms with Crippen LogP contribution in [0.15, 0.2) is 54.6 Å². The van der Waals surface area contributed by atoms with E-state index in [1.54, 1.807) is 12.1 Å². The zero-order chi connectivity index (χ0) is 20.9. The summed E-state index contributed by atoms with van der Waals surface area (Å²) in [5.41, 5.74) is 2.32. The van der Waals surface area contributed by atoms with Gasteiger partial charge >= 0.3 is 0 Å². The summed E-state index contributed by atoms with van der Waals surface area (Å²) in [7, 11) is 0. The van der Waals surface area contributed by atoms with E-state index >= 15 is 0 Å². The highest BCUT2D eigenvalue weighted by Crippen LogP contribution is 2.24. The third kappa shape index (κ3) is 4.62. The van der Waals surface area contributed by atoms with Crippen LogP contribution in [-0.2, 0) is 11.3 Å². The predicted octanol–water partition coefficient (Wildman–Crippen LogP) is 3.30. The number of nitro benzene ring substituents is 1. The Morgan fingerprint density at radius 2 is 1.63 bits per heavy atom. The van der Waals surface area contributed by atoms with E-state index in [4.69, 9.17) is 0 Å². The van der Waals surface area contributed by atoms with Crippen molar-refractivity contribution in [1.29, 1.82) is 0 Å². The zero-order valence-electron chi connectivity index (χ0n) is 17.2. The molecule has 2 aliphatic heterocycles. The molecular weight excluding hydrogens is 380 g/mol. The highest BCUT2D eigenvalue weighted by molar-refractivity contribution is 5.82. The summed E-state index contributed by atoms with van der Waals surface area (Å²) in [6, 6.07) is 17.0. The number of non-ortho nitro benzene ring substituents is 1. The molecule has 7 heteroatoms. The number of nitrogens with zero attached hydrogens (tertiary/aromatic N) is 4. The fourth-order valence-electron chi connectivity index (χ4n) is 4.46. The van der Waals surface area contributed by atoms with Gasteiger partial charge in [-0.15, -0.1) is 0 Å². The van der Waals surface area contributed by atoms with Gasteiger partial charge in [-0.3, -0.25) is 19.8 Å². The first kappa shape index (κ1) is 20.3. The number of piperidine rings is 1. The maximum atomic E-state index is 13.3. The molecule has 2 fully saturated rings. The Hall–Kier alpha value is -2.93. The molecule has 1 unspecified atom stereocenters. The molecule has 0 radical (unpaired) electrons. The van der Waals surface area contributed by atoms with Gasteiger partial charge in [-0.1, -0.05) is 36.8 Å². The molecule has 158 valence electrons. The number of hydrogen-bond acceptors (Lipinski definition) is 5. The molecule has 30 heavy (non-hydrogen) atoms. The molecule has 2 aliphatic rings. The van der Waals surface area contributed by atoms with Gasteiger partial charge in [0.1, 0.15) is 0 Å². The average Bonchev–Trinajstić information content (AvgIpc) is 2.80. The van der Waals surface area contributed by atoms with Crippen LogP contribution in [-0.4, -0.2) is 59.4 Å². The number of anilines is 1. The molecule has 4 rings (SSSR count). The van der Waals surface area contributed by atoms with Gasteiger partial charge < -0.3 is 9.80 Å². The molecule has 1 atom stereocenters. The van der Waals surface area contributed by atoms with Crippen LogP contribution < -0.4 is 4.90 Å². The molecule has 2 aromatic carbocycles. The number of amides is 1. The highest BCUT2D eigenvalue weighted by Gasteiger charge is 2.33. The fraction of sp³-hybridized carbons (Fsp3) is 0.435. The number of benzene rings is 2. The minimum Gasteiger partial charge on any atom is -0.368 e. The van der Waals surface area contributed by atoms with E-state index in [0.29, 0.717) is 13.1 Å². The number of likely N-dealkylation sites (tertiary alicyclic amines) is 1. The molecular formula is C23H28N4O3. The summed E-state index contributed by atoms with van der Waals surface area (Å²) in [5, 5.41) is 10.8. The van der Waals surface area contributed by atoms with E-state index in [2.05, 4.69) is 21.9 Å². The van der Waals surface area contributed by atoms with Crippen molar-refractivity contribution in [2.75, 3.05) is 37.6 Å². The number of carbonyl (C=O) groups is 1. The Balaban J connectivity index is 1.36. The third-order valence-electron chi connectivity index (χ3n) is 6.14. The van der Waals surface area contributed by atoms with Gasteiger partial charge in [0.25, 0.3) is 5.69 Å². The van der Waals surface area contributed by atoms with Crippen molar-refractivity contribution in [3.8, 4) is 0 Å². The molecule has 0 saturated carbocycles. The monoisotopic (exact) mass is 408 g/mol. The maximum absolute atomic E-state index is 13.3. The van der Waals surface area contributed by atoms with Crippen LogP contribution in [0, 0.1) is 10.1 Å². The van der Waals surface area contributed by atoms with Gasteiger partial charge in [-0.25, -0.2) is 0 Å². The second-order valence-corrected chi connectivity index (χ2v) is 8.05. The lowest BCUT2D eigenvalue weighted by Crippen LogP contribution is -2.56. The lowest BCUT2D eigenvalue weighted by atomic mass is 9.99. The molecule has 0 aromatic heterocycles. The van der Waals surface area contributed by atoms with Crippen molar-refractivity contribution in [2.24, 2.45) is 0 Å². The van der Waals surface area contributed by atoms with Crippen LogP contribution in [0.4, 0.5) is 11.4 Å². The molecule has 0 aliphatic carbocycles. The van der Waals surface area contributed by atoms with Gasteiger partial charge in [-0.2, -0.15) is 0 Å². The van der Waals surface area contributed by atoms with E-state index < -0.39 is 0 Å². The van der Waals surface area contributed by atoms with Crippen molar-refractivity contribution >= 4 is 17.3 Å². The summed E-state index contributed by atoms with van der Waals surface area (Å²) in [6.45, 7) is 4.65. The normalized spacial score (nSPS) is 20.2. The van der Waals surface area contributed by atoms with E-state index in [9.17, 15) is 14.9 Å². The van der Waals surface area contributed by atoms with Crippen molar-refractivity contribution < 1.29 is 9.72 Å². The van der Waals surface area contributed by atoms with Gasteiger partial charge in [-0.05, 0) is 37.1 Å². The summed E-state index contributed by atoms with van der Waals surface area (Å²) < 4.78 is 0. The van der Waals surface area contributed by atoms with Crippen molar-refractivity contribution in [3.63, 3.8) is 0 Å². The lowest BCUT2D eigenvalue weighted by molar-refractivity contribution is -0.384. The molecule has 2 saturated heterocycles. The van der Waals surface area contributed by atoms with E-state index in [1.807, 2.05) is 23.1 Å². The smallest absolute Gasteiger partial charge is 0.269 e. The Labute approximate surface area is 177 Å². The third-order valence-corrected chi connectivity index (χ3v) is 6.14. The SMILES string of the molecule is O=C(C1CCCCN1Cc1ccccc1)N1CCN(c2ccc([N+](=O)[O-])cc2)CC1. The van der Waals surface area contributed by atoms with Gasteiger partial charge in [0, 0.05) is 50.5 Å². The fourth-order valence-corrected chi connectivity index (χ4v) is 4.46. The lowest BCUT2D eigenvalue weighted by Gasteiger charge is -2.41. The Morgan fingerprint density at radius 3 is 2.30 bits per heavy atom. The van der Waals surface area contributed by atoms with E-state index in [1.165, 1.54) is 17.7 Å². The molecule has 7 nitrogen and oxygen atoms in total. The number of hydrogen-bond donors (Lipinski definition) is 0. The first-order valence-electron chi connectivity index (χ1n) is 10.7. The Kier molecular flexibility index (Phi) is 6.28. The number of nitro groups is 1. The van der Waals surface area contributed by atoms with Gasteiger partial charge in [0.05, 0.1) is 11.0 Å². The van der Waals surface area contributed by atoms with E-state index in [-0.39, 0.29) is 22.6 Å². The first-order valence-corrected chi connectivity index (χ1v) is 10.7. The quantitative estimate of drug-likeness (QED) is 0.561. The minimum absolute atomic E-state index is 0.0371. The zero-order valence-corrected chi connectivity index (χ0v) is 17.2. The second-order valence-electron chi connectivity index (χ2n) is 8.05. The number of carbonyl (C=O) groups excluding carboxylic acids is 1. The summed E-state index contributed by atoms with van der Waals surface area (Å²) in [6.07, 6.45) is 3.17. The van der Waals surface area contributed by atoms with Crippen molar-refractivity contribution in [1.82, 2.24) is 9.80 Å². The van der Waals surface area contributed by atoms with Crippen LogP contribution in [0.1, 0.15) is 24.8 Å².